The van der Waals surface area contributed by atoms with Crippen molar-refractivity contribution < 1.29 is 4.42 Å². The van der Waals surface area contributed by atoms with Crippen LogP contribution in [0.5, 0.6) is 0 Å². The molecule has 0 aliphatic rings. The van der Waals surface area contributed by atoms with E-state index in [1.807, 2.05) is 23.9 Å². The van der Waals surface area contributed by atoms with Gasteiger partial charge in [-0.3, -0.25) is 0 Å². The fourth-order valence-corrected chi connectivity index (χ4v) is 1.86. The molecule has 0 fully saturated rings. The van der Waals surface area contributed by atoms with Gasteiger partial charge in [0.25, 0.3) is 0 Å². The van der Waals surface area contributed by atoms with Crippen LogP contribution >= 0.6 is 11.8 Å². The summed E-state index contributed by atoms with van der Waals surface area (Å²) in [4.78, 5) is 0. The Bertz CT molecular complexity index is 215. The lowest BCUT2D eigenvalue weighted by Crippen LogP contribution is -2.22. The summed E-state index contributed by atoms with van der Waals surface area (Å²) in [5.41, 5.74) is 0. The minimum Gasteiger partial charge on any atom is -0.468 e. The molecule has 1 atom stereocenters. The second-order valence-corrected chi connectivity index (χ2v) is 4.29. The van der Waals surface area contributed by atoms with Crippen LogP contribution in [0.2, 0.25) is 0 Å². The average Bonchev–Trinajstić information content (AvgIpc) is 2.71. The maximum atomic E-state index is 5.42. The minimum atomic E-state index is 0.386. The molecule has 0 saturated carbocycles. The van der Waals surface area contributed by atoms with E-state index in [9.17, 15) is 0 Å². The van der Waals surface area contributed by atoms with Crippen molar-refractivity contribution in [2.45, 2.75) is 25.8 Å². The zero-order chi connectivity index (χ0) is 10.2. The molecule has 0 bridgehead atoms. The highest BCUT2D eigenvalue weighted by Crippen LogP contribution is 2.18. The van der Waals surface area contributed by atoms with Gasteiger partial charge in [-0.1, -0.05) is 6.92 Å². The summed E-state index contributed by atoms with van der Waals surface area (Å²) in [5.74, 6) is 2.23. The van der Waals surface area contributed by atoms with Gasteiger partial charge in [0.1, 0.15) is 5.76 Å². The molecule has 1 aromatic heterocycles. The van der Waals surface area contributed by atoms with Gasteiger partial charge in [-0.25, -0.2) is 0 Å². The SMILES string of the molecule is CCCNC(CCSC)c1ccco1. The van der Waals surface area contributed by atoms with Crippen LogP contribution in [-0.4, -0.2) is 18.6 Å². The largest absolute Gasteiger partial charge is 0.468 e. The van der Waals surface area contributed by atoms with Crippen LogP contribution < -0.4 is 5.32 Å². The third-order valence-corrected chi connectivity index (χ3v) is 2.78. The number of hydrogen-bond donors (Lipinski definition) is 1. The molecule has 0 amide bonds. The molecule has 14 heavy (non-hydrogen) atoms. The zero-order valence-corrected chi connectivity index (χ0v) is 9.77. The van der Waals surface area contributed by atoms with Crippen LogP contribution in [-0.2, 0) is 0 Å². The van der Waals surface area contributed by atoms with Gasteiger partial charge in [0.2, 0.25) is 0 Å². The quantitative estimate of drug-likeness (QED) is 0.753. The summed E-state index contributed by atoms with van der Waals surface area (Å²) in [7, 11) is 0. The minimum absolute atomic E-state index is 0.386. The van der Waals surface area contributed by atoms with E-state index in [4.69, 9.17) is 4.42 Å². The Balaban J connectivity index is 2.44. The fourth-order valence-electron chi connectivity index (χ4n) is 1.39. The van der Waals surface area contributed by atoms with Gasteiger partial charge in [0.05, 0.1) is 12.3 Å². The van der Waals surface area contributed by atoms with Crippen LogP contribution in [0.25, 0.3) is 0 Å². The Labute approximate surface area is 90.5 Å². The third-order valence-electron chi connectivity index (χ3n) is 2.14. The second-order valence-electron chi connectivity index (χ2n) is 3.30. The van der Waals surface area contributed by atoms with Crippen molar-refractivity contribution in [1.82, 2.24) is 5.32 Å². The van der Waals surface area contributed by atoms with E-state index in [0.717, 1.165) is 25.1 Å². The van der Waals surface area contributed by atoms with Gasteiger partial charge in [-0.15, -0.1) is 0 Å². The predicted molar refractivity (Wildman–Crippen MR) is 62.7 cm³/mol. The Morgan fingerprint density at radius 3 is 3.00 bits per heavy atom. The van der Waals surface area contributed by atoms with Crippen LogP contribution in [0.4, 0.5) is 0 Å². The maximum absolute atomic E-state index is 5.42. The summed E-state index contributed by atoms with van der Waals surface area (Å²) in [6.07, 6.45) is 6.18. The number of nitrogens with one attached hydrogen (secondary N) is 1. The molecule has 0 aromatic carbocycles. The summed E-state index contributed by atoms with van der Waals surface area (Å²) < 4.78 is 5.42. The van der Waals surface area contributed by atoms with Crippen molar-refractivity contribution in [3.8, 4) is 0 Å². The Hall–Kier alpha value is -0.410. The van der Waals surface area contributed by atoms with E-state index in [2.05, 4.69) is 18.5 Å². The van der Waals surface area contributed by atoms with Gasteiger partial charge < -0.3 is 9.73 Å². The molecular weight excluding hydrogens is 194 g/mol. The number of rotatable bonds is 7. The van der Waals surface area contributed by atoms with Crippen LogP contribution in [0.15, 0.2) is 22.8 Å². The first-order valence-electron chi connectivity index (χ1n) is 5.14. The number of thioether (sulfide) groups is 1. The second kappa shape index (κ2) is 6.96. The first-order valence-corrected chi connectivity index (χ1v) is 6.53. The molecule has 3 heteroatoms. The van der Waals surface area contributed by atoms with Crippen molar-refractivity contribution in [3.63, 3.8) is 0 Å². The predicted octanol–water partition coefficient (Wildman–Crippen LogP) is 3.07. The van der Waals surface area contributed by atoms with Gasteiger partial charge in [0, 0.05) is 0 Å². The Kier molecular flexibility index (Phi) is 5.80. The molecule has 80 valence electrons. The summed E-state index contributed by atoms with van der Waals surface area (Å²) in [5, 5.41) is 3.50. The molecule has 0 radical (unpaired) electrons. The van der Waals surface area contributed by atoms with Gasteiger partial charge in [-0.2, -0.15) is 11.8 Å². The Morgan fingerprint density at radius 2 is 2.43 bits per heavy atom. The van der Waals surface area contributed by atoms with Crippen molar-refractivity contribution in [2.75, 3.05) is 18.6 Å². The first-order chi connectivity index (χ1) is 6.88. The standard InChI is InChI=1S/C11H19NOS/c1-3-7-12-10(6-9-14-2)11-5-4-8-13-11/h4-5,8,10,12H,3,6-7,9H2,1-2H3. The lowest BCUT2D eigenvalue weighted by Gasteiger charge is -2.15. The lowest BCUT2D eigenvalue weighted by atomic mass is 10.1. The molecule has 1 unspecified atom stereocenters. The van der Waals surface area contributed by atoms with Crippen molar-refractivity contribution in [2.24, 2.45) is 0 Å². The molecule has 1 rings (SSSR count). The first kappa shape index (κ1) is 11.7. The molecule has 0 aliphatic carbocycles. The molecule has 1 heterocycles. The number of furan rings is 1. The van der Waals surface area contributed by atoms with Gasteiger partial charge in [0.15, 0.2) is 0 Å². The van der Waals surface area contributed by atoms with Crippen molar-refractivity contribution in [1.29, 1.82) is 0 Å². The van der Waals surface area contributed by atoms with Gasteiger partial charge >= 0.3 is 0 Å². The van der Waals surface area contributed by atoms with E-state index in [-0.39, 0.29) is 0 Å². The zero-order valence-electron chi connectivity index (χ0n) is 8.95. The van der Waals surface area contributed by atoms with Crippen molar-refractivity contribution >= 4 is 11.8 Å². The molecule has 0 saturated heterocycles. The topological polar surface area (TPSA) is 25.2 Å². The fraction of sp³-hybridized carbons (Fsp3) is 0.636. The highest BCUT2D eigenvalue weighted by molar-refractivity contribution is 7.98. The van der Waals surface area contributed by atoms with E-state index in [1.54, 1.807) is 6.26 Å². The molecule has 1 aromatic rings. The monoisotopic (exact) mass is 213 g/mol. The van der Waals surface area contributed by atoms with E-state index in [0.29, 0.717) is 6.04 Å². The van der Waals surface area contributed by atoms with Crippen LogP contribution in [0.1, 0.15) is 31.6 Å². The average molecular weight is 213 g/mol. The highest BCUT2D eigenvalue weighted by atomic mass is 32.2. The smallest absolute Gasteiger partial charge is 0.120 e. The van der Waals surface area contributed by atoms with Gasteiger partial charge in [-0.05, 0) is 43.5 Å². The summed E-state index contributed by atoms with van der Waals surface area (Å²) in [6.45, 7) is 3.24. The normalized spacial score (nSPS) is 13.0. The summed E-state index contributed by atoms with van der Waals surface area (Å²) in [6, 6.07) is 4.39. The molecular formula is C11H19NOS. The molecule has 1 N–H and O–H groups in total. The highest BCUT2D eigenvalue weighted by Gasteiger charge is 2.12. The Morgan fingerprint density at radius 1 is 1.57 bits per heavy atom. The van der Waals surface area contributed by atoms with Crippen LogP contribution in [0, 0.1) is 0 Å². The molecule has 0 aliphatic heterocycles. The van der Waals surface area contributed by atoms with Crippen molar-refractivity contribution in [3.05, 3.63) is 24.2 Å². The maximum Gasteiger partial charge on any atom is 0.120 e. The van der Waals surface area contributed by atoms with Crippen LogP contribution in [0.3, 0.4) is 0 Å². The van der Waals surface area contributed by atoms with E-state index >= 15 is 0 Å². The third kappa shape index (κ3) is 3.76. The van der Waals surface area contributed by atoms with E-state index in [1.165, 1.54) is 5.75 Å². The molecule has 2 nitrogen and oxygen atoms in total. The molecule has 0 spiro atoms. The van der Waals surface area contributed by atoms with E-state index < -0.39 is 0 Å². The number of hydrogen-bond acceptors (Lipinski definition) is 3. The lowest BCUT2D eigenvalue weighted by molar-refractivity contribution is 0.406. The summed E-state index contributed by atoms with van der Waals surface area (Å²) >= 11 is 1.88.